The zero-order valence-electron chi connectivity index (χ0n) is 15.9. The molecule has 2 aromatic carbocycles. The number of hydrogen-bond donors (Lipinski definition) is 1. The van der Waals surface area contributed by atoms with Crippen molar-refractivity contribution in [2.24, 2.45) is 0 Å². The lowest BCUT2D eigenvalue weighted by Gasteiger charge is -2.14. The lowest BCUT2D eigenvalue weighted by Crippen LogP contribution is -2.21. The Morgan fingerprint density at radius 2 is 1.68 bits per heavy atom. The molecule has 1 amide bonds. The molecule has 2 aromatic rings. The molecule has 0 heterocycles. The van der Waals surface area contributed by atoms with Gasteiger partial charge in [0.15, 0.2) is 18.1 Å². The lowest BCUT2D eigenvalue weighted by molar-refractivity contribution is -0.147. The zero-order valence-corrected chi connectivity index (χ0v) is 15.9. The van der Waals surface area contributed by atoms with Gasteiger partial charge in [-0.3, -0.25) is 9.59 Å². The van der Waals surface area contributed by atoms with E-state index in [1.54, 1.807) is 12.1 Å². The molecule has 8 heteroatoms. The summed E-state index contributed by atoms with van der Waals surface area (Å²) in [5.74, 6) is -0.125. The molecule has 7 nitrogen and oxygen atoms in total. The number of ether oxygens (including phenoxy) is 4. The van der Waals surface area contributed by atoms with Crippen molar-refractivity contribution in [2.45, 2.75) is 12.8 Å². The number of rotatable bonds is 9. The van der Waals surface area contributed by atoms with Crippen molar-refractivity contribution in [1.82, 2.24) is 0 Å². The highest BCUT2D eigenvalue weighted by molar-refractivity contribution is 5.92. The number of aryl methyl sites for hydroxylation is 1. The molecule has 0 atom stereocenters. The molecule has 0 aromatic heterocycles. The van der Waals surface area contributed by atoms with Gasteiger partial charge in [-0.15, -0.1) is 0 Å². The van der Waals surface area contributed by atoms with Gasteiger partial charge in [-0.25, -0.2) is 4.39 Å². The van der Waals surface area contributed by atoms with E-state index in [2.05, 4.69) is 5.32 Å². The van der Waals surface area contributed by atoms with Crippen molar-refractivity contribution in [3.05, 3.63) is 47.8 Å². The first-order valence-electron chi connectivity index (χ1n) is 8.46. The monoisotopic (exact) mass is 391 g/mol. The van der Waals surface area contributed by atoms with E-state index in [-0.39, 0.29) is 6.42 Å². The molecule has 0 fully saturated rings. The number of methoxy groups -OCH3 is 3. The number of carbonyl (C=O) groups excluding carboxylic acids is 2. The van der Waals surface area contributed by atoms with Crippen molar-refractivity contribution in [1.29, 1.82) is 0 Å². The van der Waals surface area contributed by atoms with Gasteiger partial charge < -0.3 is 24.3 Å². The minimum Gasteiger partial charge on any atom is -0.493 e. The van der Waals surface area contributed by atoms with Crippen LogP contribution in [0.5, 0.6) is 17.2 Å². The summed E-state index contributed by atoms with van der Waals surface area (Å²) in [5, 5.41) is 2.45. The van der Waals surface area contributed by atoms with Crippen molar-refractivity contribution in [3.63, 3.8) is 0 Å². The molecule has 150 valence electrons. The van der Waals surface area contributed by atoms with Crippen molar-refractivity contribution < 1.29 is 32.9 Å². The molecular weight excluding hydrogens is 369 g/mol. The maximum Gasteiger partial charge on any atom is 0.306 e. The fourth-order valence-corrected chi connectivity index (χ4v) is 2.51. The maximum atomic E-state index is 13.1. The fraction of sp³-hybridized carbons (Fsp3) is 0.300. The third-order valence-corrected chi connectivity index (χ3v) is 3.81. The SMILES string of the molecule is COc1cc(CCC(=O)OCC(=O)Nc2cccc(F)c2)cc(OC)c1OC. The van der Waals surface area contributed by atoms with Crippen molar-refractivity contribution >= 4 is 17.6 Å². The standard InChI is InChI=1S/C20H22FNO6/c1-25-16-9-13(10-17(26-2)20(16)27-3)7-8-19(24)28-12-18(23)22-15-6-4-5-14(21)11-15/h4-6,9-11H,7-8,12H2,1-3H3,(H,22,23). The van der Waals surface area contributed by atoms with Crippen molar-refractivity contribution in [2.75, 3.05) is 33.3 Å². The summed E-state index contributed by atoms with van der Waals surface area (Å²) < 4.78 is 33.8. The molecular formula is C20H22FNO6. The van der Waals surface area contributed by atoms with E-state index in [1.165, 1.54) is 45.6 Å². The molecule has 0 aliphatic heterocycles. The summed E-state index contributed by atoms with van der Waals surface area (Å²) in [6, 6.07) is 8.92. The number of benzene rings is 2. The second kappa shape index (κ2) is 10.1. The van der Waals surface area contributed by atoms with E-state index in [4.69, 9.17) is 18.9 Å². The highest BCUT2D eigenvalue weighted by atomic mass is 19.1. The molecule has 0 saturated carbocycles. The van der Waals surface area contributed by atoms with Crippen LogP contribution in [0.1, 0.15) is 12.0 Å². The Balaban J connectivity index is 1.86. The van der Waals surface area contributed by atoms with Gasteiger partial charge in [0.05, 0.1) is 21.3 Å². The number of anilines is 1. The average Bonchev–Trinajstić information content (AvgIpc) is 2.69. The number of halogens is 1. The number of esters is 1. The van der Waals surface area contributed by atoms with E-state index in [0.29, 0.717) is 29.4 Å². The summed E-state index contributed by atoms with van der Waals surface area (Å²) in [7, 11) is 4.52. The number of nitrogens with one attached hydrogen (secondary N) is 1. The number of amides is 1. The molecule has 0 bridgehead atoms. The molecule has 0 aliphatic rings. The Kier molecular flexibility index (Phi) is 7.62. The second-order valence-corrected chi connectivity index (χ2v) is 5.75. The Labute approximate surface area is 162 Å². The number of carbonyl (C=O) groups is 2. The lowest BCUT2D eigenvalue weighted by atomic mass is 10.1. The minimum absolute atomic E-state index is 0.0614. The van der Waals surface area contributed by atoms with Crippen LogP contribution >= 0.6 is 0 Å². The molecule has 2 rings (SSSR count). The second-order valence-electron chi connectivity index (χ2n) is 5.75. The minimum atomic E-state index is -0.549. The van der Waals surface area contributed by atoms with E-state index >= 15 is 0 Å². The van der Waals surface area contributed by atoms with Crippen molar-refractivity contribution in [3.8, 4) is 17.2 Å². The summed E-state index contributed by atoms with van der Waals surface area (Å²) in [6.07, 6.45) is 0.424. The molecule has 0 aliphatic carbocycles. The fourth-order valence-electron chi connectivity index (χ4n) is 2.51. The predicted molar refractivity (Wildman–Crippen MR) is 100 cm³/mol. The molecule has 1 N–H and O–H groups in total. The molecule has 0 saturated heterocycles. The van der Waals surface area contributed by atoms with Gasteiger partial charge in [-0.05, 0) is 42.3 Å². The largest absolute Gasteiger partial charge is 0.493 e. The van der Waals surface area contributed by atoms with Gasteiger partial charge in [-0.1, -0.05) is 6.07 Å². The quantitative estimate of drug-likeness (QED) is 0.662. The van der Waals surface area contributed by atoms with E-state index in [9.17, 15) is 14.0 Å². The Bertz CT molecular complexity index is 814. The predicted octanol–water partition coefficient (Wildman–Crippen LogP) is 2.97. The third kappa shape index (κ3) is 5.87. The van der Waals surface area contributed by atoms with E-state index in [0.717, 1.165) is 5.56 Å². The smallest absolute Gasteiger partial charge is 0.306 e. The van der Waals surface area contributed by atoms with Crippen LogP contribution in [0.4, 0.5) is 10.1 Å². The summed E-state index contributed by atoms with van der Waals surface area (Å²) in [4.78, 5) is 23.7. The van der Waals surface area contributed by atoms with Crippen LogP contribution in [0.2, 0.25) is 0 Å². The third-order valence-electron chi connectivity index (χ3n) is 3.81. The maximum absolute atomic E-state index is 13.1. The molecule has 0 spiro atoms. The van der Waals surface area contributed by atoms with Gasteiger partial charge in [-0.2, -0.15) is 0 Å². The topological polar surface area (TPSA) is 83.1 Å². The molecule has 0 unspecified atom stereocenters. The first-order valence-corrected chi connectivity index (χ1v) is 8.46. The van der Waals surface area contributed by atoms with Gasteiger partial charge >= 0.3 is 5.97 Å². The Hall–Kier alpha value is -3.29. The van der Waals surface area contributed by atoms with Gasteiger partial charge in [0.25, 0.3) is 5.91 Å². The Morgan fingerprint density at radius 1 is 1.00 bits per heavy atom. The van der Waals surface area contributed by atoms with Gasteiger partial charge in [0.2, 0.25) is 5.75 Å². The zero-order chi connectivity index (χ0) is 20.5. The Morgan fingerprint density at radius 3 is 2.25 bits per heavy atom. The van der Waals surface area contributed by atoms with Gasteiger partial charge in [0, 0.05) is 12.1 Å². The van der Waals surface area contributed by atoms with Crippen LogP contribution in [0.3, 0.4) is 0 Å². The van der Waals surface area contributed by atoms with Crippen LogP contribution < -0.4 is 19.5 Å². The van der Waals surface area contributed by atoms with Crippen LogP contribution in [-0.4, -0.2) is 39.8 Å². The van der Waals surface area contributed by atoms with Gasteiger partial charge in [0.1, 0.15) is 5.82 Å². The van der Waals surface area contributed by atoms with Crippen LogP contribution in [0, 0.1) is 5.82 Å². The van der Waals surface area contributed by atoms with E-state index in [1.807, 2.05) is 0 Å². The summed E-state index contributed by atoms with van der Waals surface area (Å²) in [6.45, 7) is -0.454. The van der Waals surface area contributed by atoms with Crippen LogP contribution in [-0.2, 0) is 20.7 Å². The van der Waals surface area contributed by atoms with E-state index < -0.39 is 24.3 Å². The van der Waals surface area contributed by atoms with Crippen LogP contribution in [0.25, 0.3) is 0 Å². The van der Waals surface area contributed by atoms with Crippen LogP contribution in [0.15, 0.2) is 36.4 Å². The normalized spacial score (nSPS) is 10.1. The molecule has 0 radical (unpaired) electrons. The molecule has 28 heavy (non-hydrogen) atoms. The average molecular weight is 391 g/mol. The highest BCUT2D eigenvalue weighted by Gasteiger charge is 2.14. The first kappa shape index (κ1) is 21.0. The highest BCUT2D eigenvalue weighted by Crippen LogP contribution is 2.38. The number of hydrogen-bond acceptors (Lipinski definition) is 6. The summed E-state index contributed by atoms with van der Waals surface area (Å²) in [5.41, 5.74) is 1.08. The summed E-state index contributed by atoms with van der Waals surface area (Å²) >= 11 is 0. The first-order chi connectivity index (χ1) is 13.5.